The smallest absolute Gasteiger partial charge is 0.120 e. The van der Waals surface area contributed by atoms with Crippen LogP contribution in [-0.4, -0.2) is 12.3 Å². The summed E-state index contributed by atoms with van der Waals surface area (Å²) in [6, 6.07) is 7.69. The molecule has 1 rings (SSSR count). The molecule has 1 aromatic rings. The van der Waals surface area contributed by atoms with Gasteiger partial charge in [-0.15, -0.1) is 0 Å². The summed E-state index contributed by atoms with van der Waals surface area (Å²) in [6.45, 7) is 6.66. The third kappa shape index (κ3) is 4.85. The number of allylic oxidation sites excluding steroid dienone is 1. The molecule has 0 radical (unpaired) electrons. The Morgan fingerprint density at radius 3 is 2.76 bits per heavy atom. The van der Waals surface area contributed by atoms with E-state index in [1.807, 2.05) is 24.3 Å². The fourth-order valence-corrected chi connectivity index (χ4v) is 1.47. The third-order valence-electron chi connectivity index (χ3n) is 2.52. The highest BCUT2D eigenvalue weighted by atomic mass is 16.5. The molecule has 0 atom stereocenters. The predicted octanol–water partition coefficient (Wildman–Crippen LogP) is 4.20. The van der Waals surface area contributed by atoms with E-state index in [0.29, 0.717) is 12.3 Å². The van der Waals surface area contributed by atoms with E-state index in [1.165, 1.54) is 12.0 Å². The van der Waals surface area contributed by atoms with Crippen molar-refractivity contribution in [3.8, 4) is 5.75 Å². The Morgan fingerprint density at radius 1 is 1.35 bits per heavy atom. The number of nitrogens with one attached hydrogen (secondary N) is 1. The van der Waals surface area contributed by atoms with Gasteiger partial charge < -0.3 is 10.1 Å². The van der Waals surface area contributed by atoms with Gasteiger partial charge in [-0.25, -0.2) is 0 Å². The molecule has 0 unspecified atom stereocenters. The van der Waals surface area contributed by atoms with E-state index in [9.17, 15) is 0 Å². The fraction of sp³-hybridized carbons (Fsp3) is 0.400. The summed E-state index contributed by atoms with van der Waals surface area (Å²) in [7, 11) is 0. The van der Waals surface area contributed by atoms with Crippen LogP contribution in [0.2, 0.25) is 0 Å². The van der Waals surface area contributed by atoms with Crippen LogP contribution < -0.4 is 4.74 Å². The first-order valence-electron chi connectivity index (χ1n) is 6.07. The zero-order chi connectivity index (χ0) is 12.7. The normalized spacial score (nSPS) is 11.4. The van der Waals surface area contributed by atoms with E-state index in [4.69, 9.17) is 10.1 Å². The minimum atomic E-state index is 0.564. The van der Waals surface area contributed by atoms with Crippen LogP contribution in [-0.2, 0) is 0 Å². The summed E-state index contributed by atoms with van der Waals surface area (Å²) in [6.07, 6.45) is 4.49. The summed E-state index contributed by atoms with van der Waals surface area (Å²) in [5.41, 5.74) is 2.73. The zero-order valence-corrected chi connectivity index (χ0v) is 10.9. The van der Waals surface area contributed by atoms with Crippen molar-refractivity contribution in [3.05, 3.63) is 41.5 Å². The number of ether oxygens (including phenoxy) is 1. The summed E-state index contributed by atoms with van der Waals surface area (Å²) >= 11 is 0. The Kier molecular flexibility index (Phi) is 5.47. The van der Waals surface area contributed by atoms with Gasteiger partial charge in [-0.05, 0) is 43.5 Å². The maximum absolute atomic E-state index is 7.57. The Bertz CT molecular complexity index is 407. The summed E-state index contributed by atoms with van der Waals surface area (Å²) in [5, 5.41) is 7.57. The Morgan fingerprint density at radius 2 is 2.12 bits per heavy atom. The van der Waals surface area contributed by atoms with Gasteiger partial charge in [0.05, 0.1) is 0 Å². The first-order chi connectivity index (χ1) is 8.13. The van der Waals surface area contributed by atoms with Crippen LogP contribution in [0.15, 0.2) is 35.9 Å². The standard InChI is InChI=1S/C15H21NO/c1-4-5-7-12(2)11-17-15-9-6-8-14(10-15)13(3)16/h6-10,16H,4-5,11H2,1-3H3/b12-7-,16-13?. The lowest BCUT2D eigenvalue weighted by Crippen LogP contribution is -2.00. The number of hydrogen-bond acceptors (Lipinski definition) is 2. The fourth-order valence-electron chi connectivity index (χ4n) is 1.47. The van der Waals surface area contributed by atoms with Crippen LogP contribution in [0.4, 0.5) is 0 Å². The topological polar surface area (TPSA) is 33.1 Å². The second-order valence-corrected chi connectivity index (χ2v) is 4.28. The van der Waals surface area contributed by atoms with Crippen molar-refractivity contribution >= 4 is 5.71 Å². The van der Waals surface area contributed by atoms with Crippen molar-refractivity contribution in [1.82, 2.24) is 0 Å². The molecular formula is C15H21NO. The van der Waals surface area contributed by atoms with Gasteiger partial charge in [-0.3, -0.25) is 0 Å². The molecule has 0 spiro atoms. The van der Waals surface area contributed by atoms with Crippen LogP contribution >= 0.6 is 0 Å². The third-order valence-corrected chi connectivity index (χ3v) is 2.52. The van der Waals surface area contributed by atoms with Crippen LogP contribution in [0.1, 0.15) is 39.2 Å². The lowest BCUT2D eigenvalue weighted by Gasteiger charge is -2.08. The number of unbranched alkanes of at least 4 members (excludes halogenated alkanes) is 1. The van der Waals surface area contributed by atoms with E-state index < -0.39 is 0 Å². The minimum Gasteiger partial charge on any atom is -0.489 e. The second-order valence-electron chi connectivity index (χ2n) is 4.28. The number of benzene rings is 1. The van der Waals surface area contributed by atoms with Gasteiger partial charge in [0.15, 0.2) is 0 Å². The predicted molar refractivity (Wildman–Crippen MR) is 73.1 cm³/mol. The molecule has 2 nitrogen and oxygen atoms in total. The SMILES string of the molecule is CCC/C=C(/C)COc1cccc(C(C)=N)c1. The van der Waals surface area contributed by atoms with Gasteiger partial charge >= 0.3 is 0 Å². The molecule has 17 heavy (non-hydrogen) atoms. The molecule has 0 fully saturated rings. The van der Waals surface area contributed by atoms with Crippen molar-refractivity contribution < 1.29 is 4.74 Å². The highest BCUT2D eigenvalue weighted by Gasteiger charge is 1.99. The average molecular weight is 231 g/mol. The lowest BCUT2D eigenvalue weighted by atomic mass is 10.1. The van der Waals surface area contributed by atoms with E-state index in [1.54, 1.807) is 6.92 Å². The van der Waals surface area contributed by atoms with Gasteiger partial charge in [0.25, 0.3) is 0 Å². The Labute approximate surface area is 104 Å². The van der Waals surface area contributed by atoms with Crippen LogP contribution in [0, 0.1) is 5.41 Å². The summed E-state index contributed by atoms with van der Waals surface area (Å²) in [5.74, 6) is 0.832. The zero-order valence-electron chi connectivity index (χ0n) is 10.9. The lowest BCUT2D eigenvalue weighted by molar-refractivity contribution is 0.351. The van der Waals surface area contributed by atoms with Crippen LogP contribution in [0.3, 0.4) is 0 Å². The van der Waals surface area contributed by atoms with E-state index in [2.05, 4.69) is 19.9 Å². The molecule has 0 heterocycles. The summed E-state index contributed by atoms with van der Waals surface area (Å²) in [4.78, 5) is 0. The molecule has 0 aliphatic carbocycles. The maximum atomic E-state index is 7.57. The quantitative estimate of drug-likeness (QED) is 0.577. The molecule has 0 aliphatic rings. The minimum absolute atomic E-state index is 0.564. The summed E-state index contributed by atoms with van der Waals surface area (Å²) < 4.78 is 5.69. The molecule has 0 saturated heterocycles. The van der Waals surface area contributed by atoms with Crippen molar-refractivity contribution in [2.45, 2.75) is 33.6 Å². The van der Waals surface area contributed by atoms with Crippen molar-refractivity contribution in [1.29, 1.82) is 5.41 Å². The molecule has 0 aromatic heterocycles. The number of rotatable bonds is 6. The van der Waals surface area contributed by atoms with Crippen molar-refractivity contribution in [3.63, 3.8) is 0 Å². The van der Waals surface area contributed by atoms with Crippen molar-refractivity contribution in [2.24, 2.45) is 0 Å². The van der Waals surface area contributed by atoms with Gasteiger partial charge in [-0.1, -0.05) is 31.6 Å². The highest BCUT2D eigenvalue weighted by molar-refractivity contribution is 5.96. The Balaban J connectivity index is 2.57. The molecule has 2 heteroatoms. The van der Waals surface area contributed by atoms with Gasteiger partial charge in [0, 0.05) is 5.71 Å². The highest BCUT2D eigenvalue weighted by Crippen LogP contribution is 2.14. The van der Waals surface area contributed by atoms with Gasteiger partial charge in [-0.2, -0.15) is 0 Å². The molecule has 0 aliphatic heterocycles. The molecule has 92 valence electrons. The maximum Gasteiger partial charge on any atom is 0.120 e. The monoisotopic (exact) mass is 231 g/mol. The van der Waals surface area contributed by atoms with Crippen molar-refractivity contribution in [2.75, 3.05) is 6.61 Å². The first kappa shape index (κ1) is 13.5. The average Bonchev–Trinajstić information content (AvgIpc) is 2.34. The molecule has 0 bridgehead atoms. The molecule has 1 N–H and O–H groups in total. The van der Waals surface area contributed by atoms with E-state index in [0.717, 1.165) is 17.7 Å². The van der Waals surface area contributed by atoms with Gasteiger partial charge in [0.1, 0.15) is 12.4 Å². The van der Waals surface area contributed by atoms with E-state index in [-0.39, 0.29) is 0 Å². The number of hydrogen-bond donors (Lipinski definition) is 1. The molecular weight excluding hydrogens is 210 g/mol. The second kappa shape index (κ2) is 6.89. The molecule has 0 amide bonds. The molecule has 0 saturated carbocycles. The van der Waals surface area contributed by atoms with Crippen LogP contribution in [0.25, 0.3) is 0 Å². The molecule has 1 aromatic carbocycles. The Hall–Kier alpha value is -1.57. The van der Waals surface area contributed by atoms with E-state index >= 15 is 0 Å². The van der Waals surface area contributed by atoms with Gasteiger partial charge in [0.2, 0.25) is 0 Å². The largest absolute Gasteiger partial charge is 0.489 e. The van der Waals surface area contributed by atoms with Crippen LogP contribution in [0.5, 0.6) is 5.75 Å². The first-order valence-corrected chi connectivity index (χ1v) is 6.07.